The summed E-state index contributed by atoms with van der Waals surface area (Å²) in [4.78, 5) is 14.9. The summed E-state index contributed by atoms with van der Waals surface area (Å²) in [6.45, 7) is 0. The quantitative estimate of drug-likeness (QED) is 0.874. The number of nitrogens with zero attached hydrogens (tertiary/aromatic N) is 2. The van der Waals surface area contributed by atoms with E-state index in [1.807, 2.05) is 12.1 Å². The lowest BCUT2D eigenvalue weighted by molar-refractivity contribution is 0.0698. The highest BCUT2D eigenvalue weighted by molar-refractivity contribution is 5.94. The van der Waals surface area contributed by atoms with Gasteiger partial charge in [0, 0.05) is 11.9 Å². The second-order valence-electron chi connectivity index (χ2n) is 3.88. The number of benzene rings is 1. The molecule has 1 heterocycles. The van der Waals surface area contributed by atoms with Crippen LogP contribution in [-0.2, 0) is 6.42 Å². The Morgan fingerprint density at radius 2 is 2.05 bits per heavy atom. The van der Waals surface area contributed by atoms with E-state index in [1.54, 1.807) is 12.1 Å². The van der Waals surface area contributed by atoms with Crippen molar-refractivity contribution in [1.29, 1.82) is 5.26 Å². The van der Waals surface area contributed by atoms with Crippen molar-refractivity contribution in [3.63, 3.8) is 0 Å². The fourth-order valence-corrected chi connectivity index (χ4v) is 1.63. The Kier molecular flexibility index (Phi) is 3.74. The number of carboxylic acid groups (broad SMARTS) is 1. The van der Waals surface area contributed by atoms with E-state index < -0.39 is 5.97 Å². The molecule has 0 aliphatic rings. The van der Waals surface area contributed by atoms with E-state index in [9.17, 15) is 4.79 Å². The van der Waals surface area contributed by atoms with Crippen LogP contribution in [0.5, 0.6) is 0 Å². The molecule has 0 saturated heterocycles. The highest BCUT2D eigenvalue weighted by Crippen LogP contribution is 2.20. The molecule has 2 N–H and O–H groups in total. The molecule has 0 saturated carbocycles. The fourth-order valence-electron chi connectivity index (χ4n) is 1.63. The number of aromatic nitrogens is 1. The number of anilines is 2. The molecule has 0 fully saturated rings. The minimum absolute atomic E-state index is 0.163. The third kappa shape index (κ3) is 3.07. The molecule has 0 aliphatic carbocycles. The first kappa shape index (κ1) is 12.6. The Labute approximate surface area is 110 Å². The average molecular weight is 253 g/mol. The molecule has 94 valence electrons. The van der Waals surface area contributed by atoms with Crippen LogP contribution in [0.2, 0.25) is 0 Å². The molecule has 0 radical (unpaired) electrons. The number of rotatable bonds is 4. The van der Waals surface area contributed by atoms with Crippen LogP contribution < -0.4 is 5.32 Å². The molecule has 0 bridgehead atoms. The summed E-state index contributed by atoms with van der Waals surface area (Å²) in [6.07, 6.45) is 3.25. The smallest absolute Gasteiger partial charge is 0.337 e. The van der Waals surface area contributed by atoms with Gasteiger partial charge in [-0.25, -0.2) is 4.79 Å². The van der Waals surface area contributed by atoms with Gasteiger partial charge in [0.1, 0.15) is 0 Å². The summed E-state index contributed by atoms with van der Waals surface area (Å²) in [5.41, 5.74) is 2.26. The Hall–Kier alpha value is -2.87. The van der Waals surface area contributed by atoms with Gasteiger partial charge >= 0.3 is 5.97 Å². The molecule has 2 aromatic rings. The van der Waals surface area contributed by atoms with Gasteiger partial charge in [0.05, 0.1) is 29.9 Å². The Morgan fingerprint density at radius 3 is 2.68 bits per heavy atom. The van der Waals surface area contributed by atoms with Gasteiger partial charge < -0.3 is 10.4 Å². The third-order valence-corrected chi connectivity index (χ3v) is 2.57. The van der Waals surface area contributed by atoms with E-state index in [4.69, 9.17) is 10.4 Å². The highest BCUT2D eigenvalue weighted by Gasteiger charge is 2.09. The molecular formula is C14H11N3O2. The van der Waals surface area contributed by atoms with Crippen LogP contribution in [0.25, 0.3) is 0 Å². The van der Waals surface area contributed by atoms with Gasteiger partial charge in [0.25, 0.3) is 0 Å². The van der Waals surface area contributed by atoms with Gasteiger partial charge in [0.15, 0.2) is 0 Å². The highest BCUT2D eigenvalue weighted by atomic mass is 16.4. The zero-order valence-corrected chi connectivity index (χ0v) is 10.00. The van der Waals surface area contributed by atoms with Gasteiger partial charge in [-0.2, -0.15) is 5.26 Å². The summed E-state index contributed by atoms with van der Waals surface area (Å²) in [6, 6.07) is 10.7. The van der Waals surface area contributed by atoms with Crippen molar-refractivity contribution in [2.24, 2.45) is 0 Å². The van der Waals surface area contributed by atoms with Gasteiger partial charge in [-0.3, -0.25) is 4.98 Å². The van der Waals surface area contributed by atoms with Gasteiger partial charge in [-0.05, 0) is 23.8 Å². The number of nitrogens with one attached hydrogen (secondary N) is 1. The second kappa shape index (κ2) is 5.65. The first-order valence-corrected chi connectivity index (χ1v) is 5.61. The van der Waals surface area contributed by atoms with Crippen LogP contribution in [0.3, 0.4) is 0 Å². The zero-order chi connectivity index (χ0) is 13.7. The van der Waals surface area contributed by atoms with Gasteiger partial charge in [-0.15, -0.1) is 0 Å². The SMILES string of the molecule is N#CCc1ccc(Nc2cnccc2C(=O)O)cc1. The normalized spacial score (nSPS) is 9.63. The van der Waals surface area contributed by atoms with Crippen molar-refractivity contribution in [3.05, 3.63) is 53.9 Å². The molecule has 0 unspecified atom stereocenters. The molecule has 0 aliphatic heterocycles. The Morgan fingerprint density at radius 1 is 1.32 bits per heavy atom. The number of carboxylic acids is 1. The van der Waals surface area contributed by atoms with Crippen molar-refractivity contribution in [2.75, 3.05) is 5.32 Å². The maximum Gasteiger partial charge on any atom is 0.337 e. The number of aromatic carboxylic acids is 1. The Balaban J connectivity index is 2.22. The molecule has 1 aromatic heterocycles. The maximum atomic E-state index is 11.0. The summed E-state index contributed by atoms with van der Waals surface area (Å²) in [5.74, 6) is -1.01. The van der Waals surface area contributed by atoms with E-state index in [0.29, 0.717) is 12.1 Å². The molecule has 5 heteroatoms. The Bertz CT molecular complexity index is 630. The number of pyridine rings is 1. The number of carbonyl (C=O) groups is 1. The van der Waals surface area contributed by atoms with Crippen LogP contribution in [0, 0.1) is 11.3 Å². The second-order valence-corrected chi connectivity index (χ2v) is 3.88. The predicted octanol–water partition coefficient (Wildman–Crippen LogP) is 2.59. The average Bonchev–Trinajstić information content (AvgIpc) is 2.42. The molecule has 0 atom stereocenters. The molecule has 1 aromatic carbocycles. The molecule has 2 rings (SSSR count). The van der Waals surface area contributed by atoms with Crippen molar-refractivity contribution in [2.45, 2.75) is 6.42 Å². The lowest BCUT2D eigenvalue weighted by Crippen LogP contribution is -2.03. The maximum absolute atomic E-state index is 11.0. The van der Waals surface area contributed by atoms with E-state index in [-0.39, 0.29) is 5.56 Å². The third-order valence-electron chi connectivity index (χ3n) is 2.57. The predicted molar refractivity (Wildman–Crippen MR) is 70.2 cm³/mol. The van der Waals surface area contributed by atoms with E-state index in [1.165, 1.54) is 18.5 Å². The van der Waals surface area contributed by atoms with E-state index >= 15 is 0 Å². The number of hydrogen-bond donors (Lipinski definition) is 2. The monoisotopic (exact) mass is 253 g/mol. The lowest BCUT2D eigenvalue weighted by Gasteiger charge is -2.09. The fraction of sp³-hybridized carbons (Fsp3) is 0.0714. The number of nitriles is 1. The summed E-state index contributed by atoms with van der Waals surface area (Å²) in [7, 11) is 0. The van der Waals surface area contributed by atoms with Crippen molar-refractivity contribution in [1.82, 2.24) is 4.98 Å². The lowest BCUT2D eigenvalue weighted by atomic mass is 10.1. The van der Waals surface area contributed by atoms with Gasteiger partial charge in [-0.1, -0.05) is 12.1 Å². The van der Waals surface area contributed by atoms with E-state index in [2.05, 4.69) is 16.4 Å². The minimum atomic E-state index is -1.01. The largest absolute Gasteiger partial charge is 0.478 e. The van der Waals surface area contributed by atoms with Crippen molar-refractivity contribution >= 4 is 17.3 Å². The molecule has 0 spiro atoms. The standard InChI is InChI=1S/C14H11N3O2/c15-7-5-10-1-3-11(4-2-10)17-13-9-16-8-6-12(13)14(18)19/h1-4,6,8-9,17H,5H2,(H,18,19). The topological polar surface area (TPSA) is 86.0 Å². The van der Waals surface area contributed by atoms with Crippen LogP contribution in [0.15, 0.2) is 42.7 Å². The minimum Gasteiger partial charge on any atom is -0.478 e. The van der Waals surface area contributed by atoms with Crippen LogP contribution in [-0.4, -0.2) is 16.1 Å². The summed E-state index contributed by atoms with van der Waals surface area (Å²) < 4.78 is 0. The molecule has 0 amide bonds. The van der Waals surface area contributed by atoms with Gasteiger partial charge in [0.2, 0.25) is 0 Å². The molecular weight excluding hydrogens is 242 g/mol. The van der Waals surface area contributed by atoms with Crippen molar-refractivity contribution in [3.8, 4) is 6.07 Å². The summed E-state index contributed by atoms with van der Waals surface area (Å²) >= 11 is 0. The molecule has 19 heavy (non-hydrogen) atoms. The van der Waals surface area contributed by atoms with Crippen LogP contribution >= 0.6 is 0 Å². The summed E-state index contributed by atoms with van der Waals surface area (Å²) in [5, 5.41) is 20.6. The molecule has 5 nitrogen and oxygen atoms in total. The first-order valence-electron chi connectivity index (χ1n) is 5.61. The van der Waals surface area contributed by atoms with Crippen LogP contribution in [0.1, 0.15) is 15.9 Å². The number of hydrogen-bond acceptors (Lipinski definition) is 4. The first-order chi connectivity index (χ1) is 9.20. The van der Waals surface area contributed by atoms with Crippen molar-refractivity contribution < 1.29 is 9.90 Å². The van der Waals surface area contributed by atoms with Crippen LogP contribution in [0.4, 0.5) is 11.4 Å². The van der Waals surface area contributed by atoms with E-state index in [0.717, 1.165) is 11.3 Å². The zero-order valence-electron chi connectivity index (χ0n) is 10.00.